The van der Waals surface area contributed by atoms with Gasteiger partial charge >= 0.3 is 0 Å². The van der Waals surface area contributed by atoms with Crippen LogP contribution in [0.5, 0.6) is 0 Å². The predicted molar refractivity (Wildman–Crippen MR) is 93.2 cm³/mol. The molecule has 1 aliphatic carbocycles. The largest absolute Gasteiger partial charge is 0.384 e. The van der Waals surface area contributed by atoms with Crippen molar-refractivity contribution in [1.82, 2.24) is 0 Å². The van der Waals surface area contributed by atoms with Crippen LogP contribution in [0.3, 0.4) is 0 Å². The summed E-state index contributed by atoms with van der Waals surface area (Å²) in [6, 6.07) is 5.34. The second-order valence-electron chi connectivity index (χ2n) is 4.95. The summed E-state index contributed by atoms with van der Waals surface area (Å²) in [6.07, 6.45) is 9.88. The van der Waals surface area contributed by atoms with Gasteiger partial charge in [-0.2, -0.15) is 0 Å². The van der Waals surface area contributed by atoms with Crippen molar-refractivity contribution in [3.05, 3.63) is 63.8 Å². The topological polar surface area (TPSA) is 38.4 Å². The van der Waals surface area contributed by atoms with Gasteiger partial charge in [-0.25, -0.2) is 4.99 Å². The van der Waals surface area contributed by atoms with Crippen molar-refractivity contribution in [2.24, 2.45) is 10.7 Å². The first kappa shape index (κ1) is 16.2. The van der Waals surface area contributed by atoms with Crippen LogP contribution in [-0.4, -0.2) is 10.7 Å². The maximum absolute atomic E-state index is 6.20. The number of allylic oxidation sites excluding steroid dienone is 3. The van der Waals surface area contributed by atoms with Gasteiger partial charge in [0, 0.05) is 15.6 Å². The molecule has 0 fully saturated rings. The summed E-state index contributed by atoms with van der Waals surface area (Å²) < 4.78 is 0. The Hall–Kier alpha value is -1.22. The molecule has 2 rings (SSSR count). The Bertz CT molecular complexity index is 635. The van der Waals surface area contributed by atoms with E-state index in [2.05, 4.69) is 4.99 Å². The highest BCUT2D eigenvalue weighted by molar-refractivity contribution is 6.37. The van der Waals surface area contributed by atoms with Crippen LogP contribution in [0.25, 0.3) is 6.08 Å². The maximum atomic E-state index is 6.20. The second kappa shape index (κ2) is 6.69. The van der Waals surface area contributed by atoms with Gasteiger partial charge in [-0.15, -0.1) is 11.6 Å². The fourth-order valence-corrected chi connectivity index (χ4v) is 2.47. The van der Waals surface area contributed by atoms with Crippen molar-refractivity contribution in [3.63, 3.8) is 0 Å². The molecule has 0 aliphatic heterocycles. The molecule has 1 aromatic carbocycles. The minimum absolute atomic E-state index is 0.339. The van der Waals surface area contributed by atoms with Gasteiger partial charge in [0.15, 0.2) is 0 Å². The summed E-state index contributed by atoms with van der Waals surface area (Å²) in [7, 11) is 0. The molecule has 0 saturated heterocycles. The first-order valence-electron chi connectivity index (χ1n) is 6.42. The molecule has 0 saturated carbocycles. The fraction of sp³-hybridized carbons (Fsp3) is 0.188. The summed E-state index contributed by atoms with van der Waals surface area (Å²) in [4.78, 5) is 3.97. The Labute approximate surface area is 139 Å². The third kappa shape index (κ3) is 4.63. The van der Waals surface area contributed by atoms with E-state index >= 15 is 0 Å². The predicted octanol–water partition coefficient (Wildman–Crippen LogP) is 5.21. The summed E-state index contributed by atoms with van der Waals surface area (Å²) in [5.74, 6) is 0.375. The van der Waals surface area contributed by atoms with Gasteiger partial charge in [0.05, 0.1) is 10.6 Å². The van der Waals surface area contributed by atoms with E-state index in [9.17, 15) is 0 Å². The van der Waals surface area contributed by atoms with Crippen LogP contribution in [0.4, 0.5) is 0 Å². The van der Waals surface area contributed by atoms with Crippen LogP contribution in [-0.2, 0) is 0 Å². The highest BCUT2D eigenvalue weighted by atomic mass is 35.5. The Morgan fingerprint density at radius 3 is 2.57 bits per heavy atom. The Morgan fingerprint density at radius 1 is 1.33 bits per heavy atom. The number of hydrogen-bond donors (Lipinski definition) is 1. The van der Waals surface area contributed by atoms with Gasteiger partial charge in [0.25, 0.3) is 0 Å². The van der Waals surface area contributed by atoms with Crippen LogP contribution in [0.15, 0.2) is 53.2 Å². The van der Waals surface area contributed by atoms with E-state index in [1.807, 2.05) is 25.2 Å². The zero-order chi connectivity index (χ0) is 15.5. The van der Waals surface area contributed by atoms with Gasteiger partial charge in [0.1, 0.15) is 5.84 Å². The molecule has 2 N–H and O–H groups in total. The lowest BCUT2D eigenvalue weighted by atomic mass is 10.0. The molecular weight excluding hydrogens is 327 g/mol. The number of benzene rings is 1. The fourth-order valence-electron chi connectivity index (χ4n) is 1.81. The summed E-state index contributed by atoms with van der Waals surface area (Å²) >= 11 is 18.4. The van der Waals surface area contributed by atoms with Crippen LogP contribution in [0.2, 0.25) is 10.0 Å². The molecule has 0 radical (unpaired) electrons. The highest BCUT2D eigenvalue weighted by Crippen LogP contribution is 2.27. The lowest BCUT2D eigenvalue weighted by Crippen LogP contribution is -2.14. The molecule has 0 amide bonds. The molecule has 0 bridgehead atoms. The van der Waals surface area contributed by atoms with Crippen molar-refractivity contribution < 1.29 is 0 Å². The van der Waals surface area contributed by atoms with E-state index in [1.54, 1.807) is 30.4 Å². The molecule has 0 spiro atoms. The van der Waals surface area contributed by atoms with E-state index in [0.717, 1.165) is 17.7 Å². The van der Waals surface area contributed by atoms with Crippen LogP contribution in [0, 0.1) is 0 Å². The second-order valence-corrected chi connectivity index (χ2v) is 6.63. The zero-order valence-electron chi connectivity index (χ0n) is 11.5. The number of nitrogens with zero attached hydrogens (tertiary/aromatic N) is 1. The molecule has 110 valence electrons. The molecule has 0 heterocycles. The first-order valence-corrected chi connectivity index (χ1v) is 7.55. The molecule has 1 unspecified atom stereocenters. The molecule has 5 heteroatoms. The Morgan fingerprint density at radius 2 is 2.00 bits per heavy atom. The summed E-state index contributed by atoms with van der Waals surface area (Å²) in [6.45, 7) is 1.95. The van der Waals surface area contributed by atoms with Crippen molar-refractivity contribution in [3.8, 4) is 0 Å². The number of rotatable bonds is 3. The van der Waals surface area contributed by atoms with Crippen molar-refractivity contribution in [2.75, 3.05) is 0 Å². The number of halogens is 3. The molecular formula is C16H15Cl3N2. The van der Waals surface area contributed by atoms with E-state index in [-0.39, 0.29) is 4.87 Å². The molecule has 0 aromatic heterocycles. The third-order valence-electron chi connectivity index (χ3n) is 2.99. The molecule has 2 nitrogen and oxygen atoms in total. The minimum Gasteiger partial charge on any atom is -0.384 e. The summed E-state index contributed by atoms with van der Waals surface area (Å²) in [5, 5.41) is 1.14. The summed E-state index contributed by atoms with van der Waals surface area (Å²) in [5.41, 5.74) is 7.40. The molecule has 21 heavy (non-hydrogen) atoms. The first-order chi connectivity index (χ1) is 9.87. The number of aliphatic imine (C=N–C) groups is 1. The SMILES string of the molecule is CC1(Cl)C=CC(N=C(N)/C=C/c2c(Cl)cccc2Cl)=CC1. The molecule has 1 atom stereocenters. The van der Waals surface area contributed by atoms with Crippen LogP contribution >= 0.6 is 34.8 Å². The van der Waals surface area contributed by atoms with Gasteiger partial charge in [0.2, 0.25) is 0 Å². The Kier molecular flexibility index (Phi) is 5.15. The van der Waals surface area contributed by atoms with Gasteiger partial charge in [-0.1, -0.05) is 41.4 Å². The lowest BCUT2D eigenvalue weighted by molar-refractivity contribution is 0.775. The van der Waals surface area contributed by atoms with Gasteiger partial charge < -0.3 is 5.73 Å². The Balaban J connectivity index is 2.13. The van der Waals surface area contributed by atoms with Crippen molar-refractivity contribution in [1.29, 1.82) is 0 Å². The zero-order valence-corrected chi connectivity index (χ0v) is 13.8. The third-order valence-corrected chi connectivity index (χ3v) is 3.93. The average molecular weight is 342 g/mol. The van der Waals surface area contributed by atoms with Gasteiger partial charge in [-0.3, -0.25) is 0 Å². The lowest BCUT2D eigenvalue weighted by Gasteiger charge is -2.18. The van der Waals surface area contributed by atoms with Crippen molar-refractivity contribution >= 4 is 46.7 Å². The van der Waals surface area contributed by atoms with E-state index < -0.39 is 0 Å². The highest BCUT2D eigenvalue weighted by Gasteiger charge is 2.18. The quantitative estimate of drug-likeness (QED) is 0.458. The molecule has 1 aliphatic rings. The normalized spacial score (nSPS) is 22.7. The minimum atomic E-state index is -0.339. The smallest absolute Gasteiger partial charge is 0.124 e. The van der Waals surface area contributed by atoms with Crippen LogP contribution in [0.1, 0.15) is 18.9 Å². The standard InChI is InChI=1S/C16H15Cl3N2/c1-16(19)9-7-11(8-10-16)21-15(20)6-5-12-13(17)3-2-4-14(12)18/h2-9H,10H2,1H3,(H2,20,21)/b6-5+. The number of hydrogen-bond acceptors (Lipinski definition) is 1. The number of amidine groups is 1. The maximum Gasteiger partial charge on any atom is 0.124 e. The average Bonchev–Trinajstić information content (AvgIpc) is 2.41. The van der Waals surface area contributed by atoms with Crippen molar-refractivity contribution in [2.45, 2.75) is 18.2 Å². The van der Waals surface area contributed by atoms with Gasteiger partial charge in [-0.05, 0) is 43.7 Å². The van der Waals surface area contributed by atoms with E-state index in [0.29, 0.717) is 15.9 Å². The number of nitrogens with two attached hydrogens (primary N) is 1. The monoisotopic (exact) mass is 340 g/mol. The van der Waals surface area contributed by atoms with E-state index in [1.165, 1.54) is 0 Å². The number of alkyl halides is 1. The van der Waals surface area contributed by atoms with Crippen LogP contribution < -0.4 is 5.73 Å². The molecule has 1 aromatic rings. The van der Waals surface area contributed by atoms with E-state index in [4.69, 9.17) is 40.5 Å².